The molecule has 0 radical (unpaired) electrons. The maximum absolute atomic E-state index is 13.8. The molecule has 0 aliphatic carbocycles. The van der Waals surface area contributed by atoms with Gasteiger partial charge in [0.1, 0.15) is 23.1 Å². The van der Waals surface area contributed by atoms with Gasteiger partial charge < -0.3 is 14.7 Å². The van der Waals surface area contributed by atoms with Crippen molar-refractivity contribution in [2.75, 3.05) is 26.2 Å². The Morgan fingerprint density at radius 1 is 0.853 bits per heavy atom. The predicted octanol–water partition coefficient (Wildman–Crippen LogP) is 5.21. The number of likely N-dealkylation sites (tertiary alicyclic amines) is 1. The van der Waals surface area contributed by atoms with Crippen LogP contribution in [-0.4, -0.2) is 42.2 Å². The highest BCUT2D eigenvalue weighted by atomic mass is 19.1. The monoisotopic (exact) mass is 469 g/mol. The van der Waals surface area contributed by atoms with E-state index in [-0.39, 0.29) is 6.61 Å². The van der Waals surface area contributed by atoms with Crippen molar-refractivity contribution in [3.05, 3.63) is 107 Å². The Morgan fingerprint density at radius 3 is 1.71 bits per heavy atom. The summed E-state index contributed by atoms with van der Waals surface area (Å²) in [4.78, 5) is 13.5. The van der Waals surface area contributed by atoms with E-state index in [2.05, 4.69) is 0 Å². The lowest BCUT2D eigenvalue weighted by Crippen LogP contribution is -2.42. The maximum atomic E-state index is 13.8. The molecule has 34 heavy (non-hydrogen) atoms. The van der Waals surface area contributed by atoms with Gasteiger partial charge in [-0.1, -0.05) is 36.4 Å². The molecule has 3 aromatic carbocycles. The molecule has 1 aliphatic heterocycles. The van der Waals surface area contributed by atoms with E-state index in [1.54, 1.807) is 36.4 Å². The van der Waals surface area contributed by atoms with Gasteiger partial charge in [0.05, 0.1) is 12.5 Å². The van der Waals surface area contributed by atoms with Crippen molar-refractivity contribution in [1.29, 1.82) is 0 Å². The fourth-order valence-electron chi connectivity index (χ4n) is 4.59. The van der Waals surface area contributed by atoms with E-state index < -0.39 is 34.9 Å². The lowest BCUT2D eigenvalue weighted by Gasteiger charge is -2.37. The summed E-state index contributed by atoms with van der Waals surface area (Å²) < 4.78 is 47.9. The minimum absolute atomic E-state index is 0.221. The van der Waals surface area contributed by atoms with E-state index >= 15 is 0 Å². The summed E-state index contributed by atoms with van der Waals surface area (Å²) in [5.41, 5.74) is 0.564. The van der Waals surface area contributed by atoms with Gasteiger partial charge in [-0.2, -0.15) is 0 Å². The molecule has 4 rings (SSSR count). The number of hydrogen-bond acceptors (Lipinski definition) is 3. The van der Waals surface area contributed by atoms with Crippen LogP contribution < -0.4 is 0 Å². The number of halogens is 3. The van der Waals surface area contributed by atoms with Gasteiger partial charge in [-0.3, -0.25) is 4.79 Å². The predicted molar refractivity (Wildman–Crippen MR) is 122 cm³/mol. The van der Waals surface area contributed by atoms with Gasteiger partial charge >= 0.3 is 5.97 Å². The number of hydrogen-bond donors (Lipinski definition) is 1. The molecule has 1 heterocycles. The molecule has 1 N–H and O–H groups in total. The van der Waals surface area contributed by atoms with Crippen molar-refractivity contribution < 1.29 is 27.8 Å². The summed E-state index contributed by atoms with van der Waals surface area (Å²) in [5, 5.41) is 9.37. The number of rotatable bonds is 8. The maximum Gasteiger partial charge on any atom is 0.307 e. The Bertz CT molecular complexity index is 991. The third-order valence-corrected chi connectivity index (χ3v) is 6.33. The first-order valence-electron chi connectivity index (χ1n) is 11.3. The summed E-state index contributed by atoms with van der Waals surface area (Å²) in [6, 6.07) is 17.5. The molecule has 178 valence electrons. The Kier molecular flexibility index (Phi) is 7.34. The van der Waals surface area contributed by atoms with Crippen LogP contribution in [0.4, 0.5) is 13.2 Å². The third kappa shape index (κ3) is 5.16. The number of aliphatic carboxylic acids is 1. The SMILES string of the molecule is O=C(O)[C@@H]1CCCN(CCOC(c2ccc(F)cc2)(c2ccc(F)cc2)c2ccc(F)cc2)C1. The number of benzene rings is 3. The van der Waals surface area contributed by atoms with Crippen molar-refractivity contribution in [2.45, 2.75) is 18.4 Å². The molecular formula is C27H26F3NO3. The second-order valence-electron chi connectivity index (χ2n) is 8.53. The molecule has 3 aromatic rings. The Labute approximate surface area is 196 Å². The van der Waals surface area contributed by atoms with Crippen molar-refractivity contribution in [3.8, 4) is 0 Å². The molecule has 1 fully saturated rings. The molecule has 0 spiro atoms. The first-order chi connectivity index (χ1) is 16.4. The average Bonchev–Trinajstić information content (AvgIpc) is 2.84. The van der Waals surface area contributed by atoms with E-state index in [9.17, 15) is 23.1 Å². The highest BCUT2D eigenvalue weighted by Crippen LogP contribution is 2.41. The van der Waals surface area contributed by atoms with Gasteiger partial charge in [0.2, 0.25) is 0 Å². The lowest BCUT2D eigenvalue weighted by atomic mass is 9.80. The standard InChI is InChI=1S/C27H26F3NO3/c28-23-9-3-20(4-10-23)27(21-5-11-24(29)12-6-21,22-7-13-25(30)14-8-22)34-17-16-31-15-1-2-19(18-31)26(32)33/h3-14,19H,1-2,15-18H2,(H,32,33)/t19-/m1/s1. The molecular weight excluding hydrogens is 443 g/mol. The zero-order valence-electron chi connectivity index (χ0n) is 18.6. The van der Waals surface area contributed by atoms with Crippen LogP contribution in [0.2, 0.25) is 0 Å². The van der Waals surface area contributed by atoms with Crippen LogP contribution in [0.3, 0.4) is 0 Å². The highest BCUT2D eigenvalue weighted by Gasteiger charge is 2.38. The molecule has 1 aliphatic rings. The van der Waals surface area contributed by atoms with E-state index in [0.717, 1.165) is 13.0 Å². The van der Waals surface area contributed by atoms with Crippen molar-refractivity contribution in [2.24, 2.45) is 5.92 Å². The van der Waals surface area contributed by atoms with Crippen LogP contribution >= 0.6 is 0 Å². The average molecular weight is 470 g/mol. The number of carbonyl (C=O) groups is 1. The van der Waals surface area contributed by atoms with Crippen LogP contribution in [0.15, 0.2) is 72.8 Å². The lowest BCUT2D eigenvalue weighted by molar-refractivity contribution is -0.143. The van der Waals surface area contributed by atoms with Crippen LogP contribution in [-0.2, 0) is 15.1 Å². The number of carboxylic acids is 1. The van der Waals surface area contributed by atoms with E-state index in [1.165, 1.54) is 36.4 Å². The van der Waals surface area contributed by atoms with E-state index in [1.807, 2.05) is 4.90 Å². The zero-order chi connectivity index (χ0) is 24.1. The van der Waals surface area contributed by atoms with Crippen molar-refractivity contribution in [1.82, 2.24) is 4.90 Å². The number of ether oxygens (including phenoxy) is 1. The molecule has 0 bridgehead atoms. The van der Waals surface area contributed by atoms with Crippen molar-refractivity contribution >= 4 is 5.97 Å². The molecule has 0 amide bonds. The number of nitrogens with zero attached hydrogens (tertiary/aromatic N) is 1. The molecule has 0 saturated carbocycles. The largest absolute Gasteiger partial charge is 0.481 e. The summed E-state index contributed by atoms with van der Waals surface area (Å²) in [6.45, 7) is 1.91. The normalized spacial score (nSPS) is 17.0. The molecule has 0 aromatic heterocycles. The third-order valence-electron chi connectivity index (χ3n) is 6.33. The molecule has 1 saturated heterocycles. The first-order valence-corrected chi connectivity index (χ1v) is 11.3. The zero-order valence-corrected chi connectivity index (χ0v) is 18.6. The van der Waals surface area contributed by atoms with Gasteiger partial charge in [-0.15, -0.1) is 0 Å². The van der Waals surface area contributed by atoms with Crippen LogP contribution in [0.5, 0.6) is 0 Å². The summed E-state index contributed by atoms with van der Waals surface area (Å²) >= 11 is 0. The summed E-state index contributed by atoms with van der Waals surface area (Å²) in [5.74, 6) is -2.45. The first kappa shape index (κ1) is 24.0. The topological polar surface area (TPSA) is 49.8 Å². The summed E-state index contributed by atoms with van der Waals surface area (Å²) in [6.07, 6.45) is 1.44. The second-order valence-corrected chi connectivity index (χ2v) is 8.53. The van der Waals surface area contributed by atoms with Gasteiger partial charge in [-0.05, 0) is 72.5 Å². The van der Waals surface area contributed by atoms with Gasteiger partial charge in [-0.25, -0.2) is 13.2 Å². The minimum atomic E-state index is -1.25. The second kappa shape index (κ2) is 10.4. The van der Waals surface area contributed by atoms with E-state index in [4.69, 9.17) is 4.74 Å². The fourth-order valence-corrected chi connectivity index (χ4v) is 4.59. The van der Waals surface area contributed by atoms with Crippen molar-refractivity contribution in [3.63, 3.8) is 0 Å². The number of piperidine rings is 1. The molecule has 4 nitrogen and oxygen atoms in total. The number of carboxylic acid groups (broad SMARTS) is 1. The van der Waals surface area contributed by atoms with Crippen LogP contribution in [0.1, 0.15) is 29.5 Å². The molecule has 7 heteroatoms. The Hall–Kier alpha value is -3.16. The fraction of sp³-hybridized carbons (Fsp3) is 0.296. The van der Waals surface area contributed by atoms with Crippen LogP contribution in [0.25, 0.3) is 0 Å². The van der Waals surface area contributed by atoms with Crippen LogP contribution in [0, 0.1) is 23.4 Å². The van der Waals surface area contributed by atoms with E-state index in [0.29, 0.717) is 36.2 Å². The Morgan fingerprint density at radius 2 is 1.29 bits per heavy atom. The quantitative estimate of drug-likeness (QED) is 0.460. The highest BCUT2D eigenvalue weighted by molar-refractivity contribution is 5.70. The van der Waals surface area contributed by atoms with Gasteiger partial charge in [0.25, 0.3) is 0 Å². The van der Waals surface area contributed by atoms with Gasteiger partial charge in [0, 0.05) is 13.1 Å². The Balaban J connectivity index is 1.71. The summed E-state index contributed by atoms with van der Waals surface area (Å²) in [7, 11) is 0. The smallest absolute Gasteiger partial charge is 0.307 e. The molecule has 1 atom stereocenters. The molecule has 0 unspecified atom stereocenters. The minimum Gasteiger partial charge on any atom is -0.481 e. The van der Waals surface area contributed by atoms with Gasteiger partial charge in [0.15, 0.2) is 0 Å².